The second-order valence-electron chi connectivity index (χ2n) is 6.66. The van der Waals surface area contributed by atoms with Crippen molar-refractivity contribution in [1.29, 1.82) is 0 Å². The van der Waals surface area contributed by atoms with E-state index in [1.54, 1.807) is 6.92 Å². The molecule has 1 spiro atoms. The van der Waals surface area contributed by atoms with Gasteiger partial charge in [0.2, 0.25) is 0 Å². The first-order valence-corrected chi connectivity index (χ1v) is 7.28. The van der Waals surface area contributed by atoms with Gasteiger partial charge in [-0.1, -0.05) is 13.8 Å². The molecule has 0 radical (unpaired) electrons. The van der Waals surface area contributed by atoms with E-state index >= 15 is 0 Å². The van der Waals surface area contributed by atoms with Gasteiger partial charge in [-0.25, -0.2) is 0 Å². The topological polar surface area (TPSA) is 35.5 Å². The number of Topliss-reactive ketones (excluding diaryl/α,β-unsaturated/α-hetero) is 1. The highest BCUT2D eigenvalue weighted by atomic mass is 16.7. The van der Waals surface area contributed by atoms with Crippen molar-refractivity contribution in [3.8, 4) is 0 Å². The van der Waals surface area contributed by atoms with Crippen molar-refractivity contribution >= 4 is 5.78 Å². The molecule has 2 saturated carbocycles. The summed E-state index contributed by atoms with van der Waals surface area (Å²) in [7, 11) is 0. The van der Waals surface area contributed by atoms with Crippen LogP contribution in [0.4, 0.5) is 0 Å². The molecular formula is C15H24O3. The summed E-state index contributed by atoms with van der Waals surface area (Å²) in [6, 6.07) is 0. The van der Waals surface area contributed by atoms with Gasteiger partial charge in [-0.3, -0.25) is 4.79 Å². The highest BCUT2D eigenvalue weighted by Crippen LogP contribution is 2.63. The molecule has 3 nitrogen and oxygen atoms in total. The molecule has 1 heterocycles. The van der Waals surface area contributed by atoms with E-state index in [0.29, 0.717) is 30.8 Å². The number of rotatable bonds is 1. The Bertz CT molecular complexity index is 359. The maximum absolute atomic E-state index is 12.0. The summed E-state index contributed by atoms with van der Waals surface area (Å²) in [6.07, 6.45) is 4.28. The SMILES string of the molecule is CC(=O)C1C(C)CCC2(C)C1CCC21OCCO1. The molecule has 3 fully saturated rings. The Labute approximate surface area is 109 Å². The van der Waals surface area contributed by atoms with Crippen molar-refractivity contribution in [2.45, 2.75) is 52.2 Å². The van der Waals surface area contributed by atoms with Crippen LogP contribution >= 0.6 is 0 Å². The molecule has 1 aliphatic heterocycles. The van der Waals surface area contributed by atoms with Gasteiger partial charge < -0.3 is 9.47 Å². The number of ether oxygens (including phenoxy) is 2. The largest absolute Gasteiger partial charge is 0.347 e. The van der Waals surface area contributed by atoms with Crippen LogP contribution in [0.15, 0.2) is 0 Å². The molecule has 1 saturated heterocycles. The van der Waals surface area contributed by atoms with E-state index in [1.165, 1.54) is 0 Å². The fourth-order valence-corrected chi connectivity index (χ4v) is 4.90. The monoisotopic (exact) mass is 252 g/mol. The molecule has 3 heteroatoms. The highest BCUT2D eigenvalue weighted by Gasteiger charge is 2.64. The van der Waals surface area contributed by atoms with Gasteiger partial charge >= 0.3 is 0 Å². The van der Waals surface area contributed by atoms with Gasteiger partial charge in [-0.15, -0.1) is 0 Å². The fraction of sp³-hybridized carbons (Fsp3) is 0.933. The van der Waals surface area contributed by atoms with Crippen molar-refractivity contribution in [1.82, 2.24) is 0 Å². The third-order valence-corrected chi connectivity index (χ3v) is 5.86. The van der Waals surface area contributed by atoms with Crippen molar-refractivity contribution in [2.75, 3.05) is 13.2 Å². The first kappa shape index (κ1) is 12.6. The number of hydrogen-bond acceptors (Lipinski definition) is 3. The zero-order valence-corrected chi connectivity index (χ0v) is 11.7. The van der Waals surface area contributed by atoms with Crippen LogP contribution in [0, 0.1) is 23.2 Å². The first-order chi connectivity index (χ1) is 8.50. The van der Waals surface area contributed by atoms with E-state index in [9.17, 15) is 4.79 Å². The smallest absolute Gasteiger partial charge is 0.174 e. The van der Waals surface area contributed by atoms with Crippen molar-refractivity contribution in [3.63, 3.8) is 0 Å². The van der Waals surface area contributed by atoms with Crippen LogP contribution in [0.25, 0.3) is 0 Å². The molecule has 0 N–H and O–H groups in total. The lowest BCUT2D eigenvalue weighted by Crippen LogP contribution is -2.52. The Kier molecular flexibility index (Phi) is 2.83. The molecule has 0 aromatic carbocycles. The lowest BCUT2D eigenvalue weighted by atomic mass is 9.58. The lowest BCUT2D eigenvalue weighted by Gasteiger charge is -2.49. The van der Waals surface area contributed by atoms with E-state index < -0.39 is 0 Å². The van der Waals surface area contributed by atoms with E-state index in [4.69, 9.17) is 9.47 Å². The average molecular weight is 252 g/mol. The summed E-state index contributed by atoms with van der Waals surface area (Å²) in [5.41, 5.74) is 0.0341. The Morgan fingerprint density at radius 2 is 1.83 bits per heavy atom. The van der Waals surface area contributed by atoms with Gasteiger partial charge in [0.1, 0.15) is 5.78 Å². The van der Waals surface area contributed by atoms with Gasteiger partial charge in [-0.2, -0.15) is 0 Å². The minimum absolute atomic E-state index is 0.0341. The van der Waals surface area contributed by atoms with Crippen LogP contribution in [0.2, 0.25) is 0 Å². The number of carbonyl (C=O) groups is 1. The second-order valence-corrected chi connectivity index (χ2v) is 6.66. The van der Waals surface area contributed by atoms with Crippen LogP contribution in [0.3, 0.4) is 0 Å². The van der Waals surface area contributed by atoms with E-state index in [1.807, 2.05) is 0 Å². The van der Waals surface area contributed by atoms with Gasteiger partial charge in [0.15, 0.2) is 5.79 Å². The van der Waals surface area contributed by atoms with Gasteiger partial charge in [0.25, 0.3) is 0 Å². The van der Waals surface area contributed by atoms with Crippen molar-refractivity contribution < 1.29 is 14.3 Å². The fourth-order valence-electron chi connectivity index (χ4n) is 4.90. The molecule has 3 aliphatic rings. The first-order valence-electron chi connectivity index (χ1n) is 7.28. The average Bonchev–Trinajstić information content (AvgIpc) is 2.89. The third-order valence-electron chi connectivity index (χ3n) is 5.86. The number of ketones is 1. The molecule has 3 rings (SSSR count). The summed E-state index contributed by atoms with van der Waals surface area (Å²) in [5.74, 6) is 1.13. The van der Waals surface area contributed by atoms with Crippen LogP contribution in [-0.4, -0.2) is 24.8 Å². The summed E-state index contributed by atoms with van der Waals surface area (Å²) < 4.78 is 12.0. The van der Waals surface area contributed by atoms with Gasteiger partial charge in [-0.05, 0) is 38.0 Å². The minimum atomic E-state index is -0.383. The molecule has 4 atom stereocenters. The highest BCUT2D eigenvalue weighted by molar-refractivity contribution is 5.79. The number of fused-ring (bicyclic) bond motifs is 2. The third kappa shape index (κ3) is 1.47. The predicted octanol–water partition coefficient (Wildman–Crippen LogP) is 2.78. The zero-order chi connectivity index (χ0) is 13.0. The Balaban J connectivity index is 1.96. The molecule has 0 aromatic heterocycles. The number of hydrogen-bond donors (Lipinski definition) is 0. The molecule has 2 aliphatic carbocycles. The molecule has 0 bridgehead atoms. The molecule has 4 unspecified atom stereocenters. The Hall–Kier alpha value is -0.410. The normalized spacial score (nSPS) is 46.3. The van der Waals surface area contributed by atoms with Crippen molar-refractivity contribution in [2.24, 2.45) is 23.2 Å². The van der Waals surface area contributed by atoms with E-state index in [2.05, 4.69) is 13.8 Å². The minimum Gasteiger partial charge on any atom is -0.347 e. The van der Waals surface area contributed by atoms with Crippen molar-refractivity contribution in [3.05, 3.63) is 0 Å². The maximum Gasteiger partial charge on any atom is 0.174 e. The zero-order valence-electron chi connectivity index (χ0n) is 11.7. The van der Waals surface area contributed by atoms with Crippen LogP contribution in [-0.2, 0) is 14.3 Å². The molecule has 0 aromatic rings. The second kappa shape index (κ2) is 4.04. The Morgan fingerprint density at radius 1 is 1.17 bits per heavy atom. The summed E-state index contributed by atoms with van der Waals surface area (Å²) in [4.78, 5) is 12.0. The van der Waals surface area contributed by atoms with Crippen LogP contribution < -0.4 is 0 Å². The molecule has 102 valence electrons. The van der Waals surface area contributed by atoms with E-state index in [-0.39, 0.29) is 17.1 Å². The van der Waals surface area contributed by atoms with E-state index in [0.717, 1.165) is 25.7 Å². The predicted molar refractivity (Wildman–Crippen MR) is 68.0 cm³/mol. The van der Waals surface area contributed by atoms with Crippen LogP contribution in [0.5, 0.6) is 0 Å². The summed E-state index contributed by atoms with van der Waals surface area (Å²) in [6.45, 7) is 7.70. The maximum atomic E-state index is 12.0. The Morgan fingerprint density at radius 3 is 2.44 bits per heavy atom. The number of carbonyl (C=O) groups excluding carboxylic acids is 1. The van der Waals surface area contributed by atoms with Gasteiger partial charge in [0.05, 0.1) is 13.2 Å². The van der Waals surface area contributed by atoms with Crippen LogP contribution in [0.1, 0.15) is 46.5 Å². The molecular weight excluding hydrogens is 228 g/mol. The summed E-state index contributed by atoms with van der Waals surface area (Å²) >= 11 is 0. The molecule has 0 amide bonds. The quantitative estimate of drug-likeness (QED) is 0.720. The summed E-state index contributed by atoms with van der Waals surface area (Å²) in [5, 5.41) is 0. The standard InChI is InChI=1S/C15H24O3/c1-10-4-6-14(3)12(13(10)11(2)16)5-7-15(14)17-8-9-18-15/h10,12-13H,4-9H2,1-3H3. The lowest BCUT2D eigenvalue weighted by molar-refractivity contribution is -0.237. The van der Waals surface area contributed by atoms with Gasteiger partial charge in [0, 0.05) is 17.8 Å². The molecule has 18 heavy (non-hydrogen) atoms.